The predicted octanol–water partition coefficient (Wildman–Crippen LogP) is 3.80. The second-order valence-electron chi connectivity index (χ2n) is 6.74. The number of carbonyl (C=O) groups excluding carboxylic acids is 2. The number of fused-ring (bicyclic) bond motifs is 1. The highest BCUT2D eigenvalue weighted by Crippen LogP contribution is 2.16. The summed E-state index contributed by atoms with van der Waals surface area (Å²) >= 11 is 1.40. The van der Waals surface area contributed by atoms with Gasteiger partial charge in [-0.25, -0.2) is 9.78 Å². The lowest BCUT2D eigenvalue weighted by molar-refractivity contribution is -0.120. The number of nitrogens with zero attached hydrogens (tertiary/aromatic N) is 2. The molecule has 0 aliphatic carbocycles. The Labute approximate surface area is 172 Å². The first-order chi connectivity index (χ1) is 13.9. The van der Waals surface area contributed by atoms with E-state index in [0.717, 1.165) is 17.7 Å². The Hall–Kier alpha value is -3.00. The molecule has 0 aliphatic rings. The fourth-order valence-corrected chi connectivity index (χ4v) is 3.80. The number of aromatic nitrogens is 2. The van der Waals surface area contributed by atoms with Gasteiger partial charge >= 0.3 is 5.97 Å². The molecule has 152 valence electrons. The van der Waals surface area contributed by atoms with Gasteiger partial charge in [-0.05, 0) is 44.0 Å². The van der Waals surface area contributed by atoms with Gasteiger partial charge in [0.1, 0.15) is 6.61 Å². The van der Waals surface area contributed by atoms with Crippen molar-refractivity contribution in [1.82, 2.24) is 9.38 Å². The lowest BCUT2D eigenvalue weighted by Gasteiger charge is -2.13. The zero-order valence-electron chi connectivity index (χ0n) is 16.6. The number of ether oxygens (including phenoxy) is 1. The van der Waals surface area contributed by atoms with Crippen molar-refractivity contribution >= 4 is 33.9 Å². The van der Waals surface area contributed by atoms with Crippen LogP contribution in [0.15, 0.2) is 41.3 Å². The topological polar surface area (TPSA) is 89.8 Å². The third-order valence-electron chi connectivity index (χ3n) is 4.63. The summed E-state index contributed by atoms with van der Waals surface area (Å²) in [4.78, 5) is 42.4. The summed E-state index contributed by atoms with van der Waals surface area (Å²) in [7, 11) is 0. The van der Waals surface area contributed by atoms with Crippen molar-refractivity contribution in [3.63, 3.8) is 0 Å². The van der Waals surface area contributed by atoms with E-state index in [1.165, 1.54) is 21.8 Å². The van der Waals surface area contributed by atoms with E-state index in [9.17, 15) is 14.4 Å². The Morgan fingerprint density at radius 2 is 1.90 bits per heavy atom. The molecule has 29 heavy (non-hydrogen) atoms. The van der Waals surface area contributed by atoms with Crippen LogP contribution in [0, 0.1) is 12.8 Å². The van der Waals surface area contributed by atoms with Crippen LogP contribution in [0.3, 0.4) is 0 Å². The van der Waals surface area contributed by atoms with Crippen molar-refractivity contribution in [3.8, 4) is 0 Å². The Morgan fingerprint density at radius 3 is 2.55 bits per heavy atom. The van der Waals surface area contributed by atoms with Crippen molar-refractivity contribution in [2.24, 2.45) is 5.92 Å². The molecule has 1 amide bonds. The van der Waals surface area contributed by atoms with Crippen LogP contribution in [-0.2, 0) is 16.1 Å². The number of anilines is 1. The molecule has 1 N–H and O–H groups in total. The largest absolute Gasteiger partial charge is 0.456 e. The summed E-state index contributed by atoms with van der Waals surface area (Å²) in [5.41, 5.74) is 1.18. The van der Waals surface area contributed by atoms with Gasteiger partial charge < -0.3 is 10.1 Å². The molecule has 8 heteroatoms. The number of hydrogen-bond donors (Lipinski definition) is 1. The van der Waals surface area contributed by atoms with Gasteiger partial charge in [0, 0.05) is 28.7 Å². The average Bonchev–Trinajstić information content (AvgIpc) is 3.08. The molecular weight excluding hydrogens is 390 g/mol. The molecule has 0 saturated heterocycles. The highest BCUT2D eigenvalue weighted by molar-refractivity contribution is 7.16. The van der Waals surface area contributed by atoms with Crippen LogP contribution in [0.4, 0.5) is 5.69 Å². The minimum Gasteiger partial charge on any atom is -0.456 e. The van der Waals surface area contributed by atoms with Crippen LogP contribution >= 0.6 is 11.3 Å². The van der Waals surface area contributed by atoms with E-state index in [1.54, 1.807) is 30.5 Å². The molecule has 3 aromatic rings. The number of amides is 1. The molecule has 0 bridgehead atoms. The number of hydrogen-bond acceptors (Lipinski definition) is 6. The quantitative estimate of drug-likeness (QED) is 0.595. The first-order valence-electron chi connectivity index (χ1n) is 9.48. The third-order valence-corrected chi connectivity index (χ3v) is 5.53. The molecule has 0 unspecified atom stereocenters. The summed E-state index contributed by atoms with van der Waals surface area (Å²) in [5.74, 6) is -0.574. The van der Waals surface area contributed by atoms with Gasteiger partial charge in [-0.1, -0.05) is 13.8 Å². The number of aryl methyl sites for hydroxylation is 1. The second-order valence-corrected chi connectivity index (χ2v) is 7.95. The molecule has 1 aromatic carbocycles. The van der Waals surface area contributed by atoms with Gasteiger partial charge in [0.05, 0.1) is 11.3 Å². The molecule has 0 fully saturated rings. The fourth-order valence-electron chi connectivity index (χ4n) is 2.95. The van der Waals surface area contributed by atoms with Gasteiger partial charge in [-0.2, -0.15) is 0 Å². The van der Waals surface area contributed by atoms with Crippen molar-refractivity contribution in [2.75, 3.05) is 5.32 Å². The second kappa shape index (κ2) is 9.00. The van der Waals surface area contributed by atoms with Gasteiger partial charge in [0.15, 0.2) is 4.96 Å². The summed E-state index contributed by atoms with van der Waals surface area (Å²) < 4.78 is 6.76. The van der Waals surface area contributed by atoms with Gasteiger partial charge in [0.25, 0.3) is 5.56 Å². The molecule has 2 aromatic heterocycles. The standard InChI is InChI=1S/C21H23N3O4S/c1-4-14(5-2)19(26)22-16-8-6-15(7-9-16)20(27)28-12-17-10-18(25)24-11-13(3)29-21(24)23-17/h6-11,14H,4-5,12H2,1-3H3,(H,22,26). The Balaban J connectivity index is 1.62. The highest BCUT2D eigenvalue weighted by atomic mass is 32.1. The molecule has 2 heterocycles. The molecular formula is C21H23N3O4S. The molecule has 0 atom stereocenters. The summed E-state index contributed by atoms with van der Waals surface area (Å²) in [6.07, 6.45) is 3.29. The highest BCUT2D eigenvalue weighted by Gasteiger charge is 2.15. The monoisotopic (exact) mass is 413 g/mol. The van der Waals surface area contributed by atoms with Crippen LogP contribution in [0.25, 0.3) is 4.96 Å². The van der Waals surface area contributed by atoms with E-state index >= 15 is 0 Å². The Morgan fingerprint density at radius 1 is 1.21 bits per heavy atom. The minimum absolute atomic E-state index is 0.0260. The smallest absolute Gasteiger partial charge is 0.338 e. The van der Waals surface area contributed by atoms with E-state index in [0.29, 0.717) is 21.9 Å². The number of esters is 1. The normalized spacial score (nSPS) is 11.0. The maximum atomic E-state index is 12.3. The zero-order chi connectivity index (χ0) is 21.0. The first kappa shape index (κ1) is 20.7. The van der Waals surface area contributed by atoms with Crippen molar-refractivity contribution in [1.29, 1.82) is 0 Å². The van der Waals surface area contributed by atoms with Crippen LogP contribution in [0.5, 0.6) is 0 Å². The van der Waals surface area contributed by atoms with Crippen molar-refractivity contribution < 1.29 is 14.3 Å². The molecule has 3 rings (SSSR count). The number of thiazole rings is 1. The maximum absolute atomic E-state index is 12.3. The van der Waals surface area contributed by atoms with Crippen LogP contribution < -0.4 is 10.9 Å². The summed E-state index contributed by atoms with van der Waals surface area (Å²) in [6, 6.07) is 7.89. The lowest BCUT2D eigenvalue weighted by Crippen LogP contribution is -2.21. The van der Waals surface area contributed by atoms with Crippen LogP contribution in [0.2, 0.25) is 0 Å². The first-order valence-corrected chi connectivity index (χ1v) is 10.3. The Kier molecular flexibility index (Phi) is 6.43. The van der Waals surface area contributed by atoms with E-state index in [2.05, 4.69) is 10.3 Å². The molecule has 7 nitrogen and oxygen atoms in total. The molecule has 0 saturated carbocycles. The summed E-state index contributed by atoms with van der Waals surface area (Å²) in [5, 5.41) is 2.86. The predicted molar refractivity (Wildman–Crippen MR) is 112 cm³/mol. The molecule has 0 radical (unpaired) electrons. The number of rotatable bonds is 7. The van der Waals surface area contributed by atoms with Crippen LogP contribution in [-0.4, -0.2) is 21.3 Å². The number of benzene rings is 1. The maximum Gasteiger partial charge on any atom is 0.338 e. The van der Waals surface area contributed by atoms with Crippen LogP contribution in [0.1, 0.15) is 47.6 Å². The lowest BCUT2D eigenvalue weighted by atomic mass is 10.0. The Bertz CT molecular complexity index is 1080. The van der Waals surface area contributed by atoms with Crippen molar-refractivity contribution in [2.45, 2.75) is 40.2 Å². The molecule has 0 aliphatic heterocycles. The van der Waals surface area contributed by atoms with Crippen molar-refractivity contribution in [3.05, 3.63) is 63.0 Å². The fraction of sp³-hybridized carbons (Fsp3) is 0.333. The summed E-state index contributed by atoms with van der Waals surface area (Å²) in [6.45, 7) is 5.77. The van der Waals surface area contributed by atoms with E-state index in [4.69, 9.17) is 4.74 Å². The third kappa shape index (κ3) is 4.89. The number of carbonyl (C=O) groups is 2. The average molecular weight is 413 g/mol. The van der Waals surface area contributed by atoms with E-state index < -0.39 is 5.97 Å². The van der Waals surface area contributed by atoms with Gasteiger partial charge in [0.2, 0.25) is 5.91 Å². The minimum atomic E-state index is -0.521. The number of nitrogens with one attached hydrogen (secondary N) is 1. The molecule has 0 spiro atoms. The SMILES string of the molecule is CCC(CC)C(=O)Nc1ccc(C(=O)OCc2cc(=O)n3cc(C)sc3n2)cc1. The van der Waals surface area contributed by atoms with Gasteiger partial charge in [-0.3, -0.25) is 14.0 Å². The zero-order valence-corrected chi connectivity index (χ0v) is 17.4. The van der Waals surface area contributed by atoms with E-state index in [-0.39, 0.29) is 24.0 Å². The van der Waals surface area contributed by atoms with E-state index in [1.807, 2.05) is 20.8 Å². The van der Waals surface area contributed by atoms with Gasteiger partial charge in [-0.15, -0.1) is 11.3 Å².